The predicted molar refractivity (Wildman–Crippen MR) is 97.5 cm³/mol. The molecule has 0 saturated carbocycles. The molecule has 1 atom stereocenters. The van der Waals surface area contributed by atoms with Gasteiger partial charge in [0.2, 0.25) is 10.0 Å². The number of nitrogens with one attached hydrogen (secondary N) is 2. The number of carbonyl (C=O) groups is 1. The van der Waals surface area contributed by atoms with E-state index in [9.17, 15) is 26.4 Å². The van der Waals surface area contributed by atoms with Crippen LogP contribution in [0.25, 0.3) is 0 Å². The third-order valence-electron chi connectivity index (χ3n) is 3.65. The van der Waals surface area contributed by atoms with Gasteiger partial charge in [0.05, 0.1) is 17.1 Å². The first-order valence-electron chi connectivity index (χ1n) is 8.13. The van der Waals surface area contributed by atoms with Gasteiger partial charge in [-0.1, -0.05) is 6.07 Å². The summed E-state index contributed by atoms with van der Waals surface area (Å²) in [5.74, 6) is -0.742. The Morgan fingerprint density at radius 1 is 1.14 bits per heavy atom. The second-order valence-corrected chi connectivity index (χ2v) is 7.75. The molecule has 0 spiro atoms. The van der Waals surface area contributed by atoms with Crippen molar-refractivity contribution in [2.45, 2.75) is 24.0 Å². The lowest BCUT2D eigenvalue weighted by molar-refractivity contribution is -0.137. The maximum atomic E-state index is 12.8. The smallest absolute Gasteiger partial charge is 0.383 e. The number of sulfonamides is 1. The maximum absolute atomic E-state index is 12.8. The highest BCUT2D eigenvalue weighted by Crippen LogP contribution is 2.29. The third kappa shape index (κ3) is 5.78. The summed E-state index contributed by atoms with van der Waals surface area (Å²) in [6, 6.07) is 8.83. The highest BCUT2D eigenvalue weighted by molar-refractivity contribution is 7.89. The average Bonchev–Trinajstić information content (AvgIpc) is 2.61. The van der Waals surface area contributed by atoms with Crippen LogP contribution in [0.3, 0.4) is 0 Å². The summed E-state index contributed by atoms with van der Waals surface area (Å²) in [7, 11) is -2.32. The van der Waals surface area contributed by atoms with Crippen LogP contribution in [0.2, 0.25) is 0 Å². The van der Waals surface area contributed by atoms with Gasteiger partial charge < -0.3 is 10.1 Å². The van der Waals surface area contributed by atoms with Crippen molar-refractivity contribution in [3.05, 3.63) is 59.7 Å². The Morgan fingerprint density at radius 3 is 2.36 bits per heavy atom. The lowest BCUT2D eigenvalue weighted by atomic mass is 10.1. The summed E-state index contributed by atoms with van der Waals surface area (Å²) in [4.78, 5) is 12.1. The quantitative estimate of drug-likeness (QED) is 0.726. The van der Waals surface area contributed by atoms with Crippen molar-refractivity contribution in [2.75, 3.05) is 19.0 Å². The highest BCUT2D eigenvalue weighted by atomic mass is 32.2. The molecule has 0 aliphatic heterocycles. The van der Waals surface area contributed by atoms with Crippen LogP contribution in [0.15, 0.2) is 53.4 Å². The van der Waals surface area contributed by atoms with Crippen LogP contribution >= 0.6 is 0 Å². The van der Waals surface area contributed by atoms with Gasteiger partial charge in [-0.25, -0.2) is 13.1 Å². The van der Waals surface area contributed by atoms with E-state index in [0.29, 0.717) is 0 Å². The number of carbonyl (C=O) groups excluding carboxylic acids is 1. The van der Waals surface area contributed by atoms with Crippen molar-refractivity contribution < 1.29 is 31.1 Å². The lowest BCUT2D eigenvalue weighted by Crippen LogP contribution is -2.35. The molecule has 28 heavy (non-hydrogen) atoms. The molecule has 2 aromatic rings. The fourth-order valence-corrected chi connectivity index (χ4v) is 3.60. The normalized spacial score (nSPS) is 13.2. The summed E-state index contributed by atoms with van der Waals surface area (Å²) in [6.07, 6.45) is -4.56. The topological polar surface area (TPSA) is 84.5 Å². The fraction of sp³-hybridized carbons (Fsp3) is 0.278. The molecule has 1 unspecified atom stereocenters. The first kappa shape index (κ1) is 21.9. The Morgan fingerprint density at radius 2 is 1.79 bits per heavy atom. The van der Waals surface area contributed by atoms with Gasteiger partial charge in [-0.05, 0) is 49.4 Å². The van der Waals surface area contributed by atoms with Crippen molar-refractivity contribution in [1.82, 2.24) is 4.72 Å². The zero-order valence-electron chi connectivity index (χ0n) is 15.1. The van der Waals surface area contributed by atoms with Crippen molar-refractivity contribution >= 4 is 21.6 Å². The fourth-order valence-electron chi connectivity index (χ4n) is 2.37. The second kappa shape index (κ2) is 8.72. The number of rotatable bonds is 7. The minimum absolute atomic E-state index is 0.0208. The van der Waals surface area contributed by atoms with E-state index in [1.807, 2.05) is 0 Å². The molecule has 0 radical (unpaired) electrons. The highest BCUT2D eigenvalue weighted by Gasteiger charge is 2.30. The first-order chi connectivity index (χ1) is 13.0. The number of alkyl halides is 3. The molecule has 0 heterocycles. The lowest BCUT2D eigenvalue weighted by Gasteiger charge is -2.13. The zero-order chi connectivity index (χ0) is 20.9. The van der Waals surface area contributed by atoms with Crippen molar-refractivity contribution in [2.24, 2.45) is 0 Å². The van der Waals surface area contributed by atoms with E-state index in [4.69, 9.17) is 4.74 Å². The van der Waals surface area contributed by atoms with Crippen LogP contribution in [0.4, 0.5) is 18.9 Å². The number of hydrogen-bond donors (Lipinski definition) is 2. The molecule has 0 saturated heterocycles. The number of hydrogen-bond acceptors (Lipinski definition) is 4. The third-order valence-corrected chi connectivity index (χ3v) is 5.25. The Hall–Kier alpha value is -2.43. The number of ether oxygens (including phenoxy) is 1. The SMILES string of the molecule is COCC(C)NS(=O)(=O)c1ccc(NC(=O)c2cccc(C(F)(F)F)c2)cc1. The number of benzene rings is 2. The van der Waals surface area contributed by atoms with Gasteiger partial charge in [-0.15, -0.1) is 0 Å². The summed E-state index contributed by atoms with van der Waals surface area (Å²) < 4.78 is 70.0. The second-order valence-electron chi connectivity index (χ2n) is 6.03. The van der Waals surface area contributed by atoms with E-state index in [1.54, 1.807) is 6.92 Å². The molecule has 0 bridgehead atoms. The van der Waals surface area contributed by atoms with Gasteiger partial charge in [0.25, 0.3) is 5.91 Å². The number of anilines is 1. The summed E-state index contributed by atoms with van der Waals surface area (Å²) in [5.41, 5.74) is -0.856. The van der Waals surface area contributed by atoms with E-state index in [0.717, 1.165) is 18.2 Å². The molecule has 2 rings (SSSR count). The molecule has 152 valence electrons. The number of amides is 1. The van der Waals surface area contributed by atoms with Gasteiger partial charge in [0.1, 0.15) is 0 Å². The monoisotopic (exact) mass is 416 g/mol. The first-order valence-corrected chi connectivity index (χ1v) is 9.61. The van der Waals surface area contributed by atoms with E-state index in [2.05, 4.69) is 10.0 Å². The minimum Gasteiger partial charge on any atom is -0.383 e. The van der Waals surface area contributed by atoms with Crippen LogP contribution in [0, 0.1) is 0 Å². The van der Waals surface area contributed by atoms with Gasteiger partial charge in [-0.3, -0.25) is 4.79 Å². The van der Waals surface area contributed by atoms with E-state index in [-0.39, 0.29) is 22.8 Å². The molecule has 6 nitrogen and oxygen atoms in total. The van der Waals surface area contributed by atoms with E-state index < -0.39 is 33.7 Å². The number of halogens is 3. The van der Waals surface area contributed by atoms with Gasteiger partial charge in [-0.2, -0.15) is 13.2 Å². The molecule has 0 fully saturated rings. The zero-order valence-corrected chi connectivity index (χ0v) is 15.9. The van der Waals surface area contributed by atoms with Crippen molar-refractivity contribution in [3.63, 3.8) is 0 Å². The van der Waals surface area contributed by atoms with Gasteiger partial charge in [0, 0.05) is 24.4 Å². The van der Waals surface area contributed by atoms with Crippen LogP contribution in [0.5, 0.6) is 0 Å². The predicted octanol–water partition coefficient (Wildman–Crippen LogP) is 3.27. The number of methoxy groups -OCH3 is 1. The molecular formula is C18H19F3N2O4S. The van der Waals surface area contributed by atoms with Crippen LogP contribution in [-0.4, -0.2) is 34.1 Å². The Labute approximate surface area is 160 Å². The summed E-state index contributed by atoms with van der Waals surface area (Å²) >= 11 is 0. The van der Waals surface area contributed by atoms with Gasteiger partial charge >= 0.3 is 6.18 Å². The van der Waals surface area contributed by atoms with Crippen LogP contribution in [-0.2, 0) is 20.9 Å². The summed E-state index contributed by atoms with van der Waals surface area (Å²) in [6.45, 7) is 1.84. The molecule has 0 aliphatic carbocycles. The molecule has 0 aromatic heterocycles. The molecule has 10 heteroatoms. The summed E-state index contributed by atoms with van der Waals surface area (Å²) in [5, 5.41) is 2.44. The van der Waals surface area contributed by atoms with Gasteiger partial charge in [0.15, 0.2) is 0 Å². The molecule has 2 aromatic carbocycles. The van der Waals surface area contributed by atoms with E-state index in [1.165, 1.54) is 37.4 Å². The van der Waals surface area contributed by atoms with E-state index >= 15 is 0 Å². The standard InChI is InChI=1S/C18H19F3N2O4S/c1-12(11-27-2)23-28(25,26)16-8-6-15(7-9-16)22-17(24)13-4-3-5-14(10-13)18(19,20)21/h3-10,12,23H,11H2,1-2H3,(H,22,24). The minimum atomic E-state index is -4.56. The average molecular weight is 416 g/mol. The van der Waals surface area contributed by atoms with Crippen LogP contribution in [0.1, 0.15) is 22.8 Å². The van der Waals surface area contributed by atoms with Crippen LogP contribution < -0.4 is 10.0 Å². The Balaban J connectivity index is 2.11. The largest absolute Gasteiger partial charge is 0.416 e. The Bertz CT molecular complexity index is 929. The Kier molecular flexibility index (Phi) is 6.81. The molecule has 1 amide bonds. The molecular weight excluding hydrogens is 397 g/mol. The molecule has 0 aliphatic rings. The van der Waals surface area contributed by atoms with Crippen molar-refractivity contribution in [1.29, 1.82) is 0 Å². The maximum Gasteiger partial charge on any atom is 0.416 e. The molecule has 2 N–H and O–H groups in total. The van der Waals surface area contributed by atoms with Crippen molar-refractivity contribution in [3.8, 4) is 0 Å².